The molecular formula is C14H19N3O3. The zero-order chi connectivity index (χ0) is 15.1. The first-order chi connectivity index (χ1) is 9.45. The van der Waals surface area contributed by atoms with Gasteiger partial charge in [0.2, 0.25) is 0 Å². The molecule has 1 aromatic carbocycles. The molecule has 0 unspecified atom stereocenters. The van der Waals surface area contributed by atoms with E-state index in [1.807, 2.05) is 6.92 Å². The van der Waals surface area contributed by atoms with Crippen LogP contribution < -0.4 is 11.1 Å². The Balaban J connectivity index is 2.59. The number of rotatable bonds is 4. The van der Waals surface area contributed by atoms with Gasteiger partial charge in [-0.3, -0.25) is 19.7 Å². The average molecular weight is 277 g/mol. The van der Waals surface area contributed by atoms with Gasteiger partial charge >= 0.3 is 11.8 Å². The maximum atomic E-state index is 11.8. The Hall–Kier alpha value is -2.37. The van der Waals surface area contributed by atoms with Gasteiger partial charge in [-0.1, -0.05) is 13.3 Å². The fourth-order valence-electron chi connectivity index (χ4n) is 1.53. The molecule has 1 aromatic rings. The number of hydrogen-bond donors (Lipinski definition) is 2. The van der Waals surface area contributed by atoms with E-state index < -0.39 is 17.7 Å². The molecule has 6 heteroatoms. The lowest BCUT2D eigenvalue weighted by Gasteiger charge is -2.15. The molecular weight excluding hydrogens is 258 g/mol. The summed E-state index contributed by atoms with van der Waals surface area (Å²) in [5.74, 6) is -2.26. The van der Waals surface area contributed by atoms with Crippen molar-refractivity contribution in [2.45, 2.75) is 19.8 Å². The standard InChI is InChI=1S/C14H19N3O3/c1-3-4-9-17(2)14(20)13(19)16-12(18)10-5-7-11(15)8-6-10/h5-8H,3-4,9,15H2,1-2H3,(H,16,18,19). The number of benzene rings is 1. The number of nitrogens with two attached hydrogens (primary N) is 1. The number of carbonyl (C=O) groups is 3. The number of hydrogen-bond acceptors (Lipinski definition) is 4. The molecule has 0 saturated heterocycles. The van der Waals surface area contributed by atoms with Crippen LogP contribution in [0.25, 0.3) is 0 Å². The van der Waals surface area contributed by atoms with Gasteiger partial charge in [0.05, 0.1) is 0 Å². The van der Waals surface area contributed by atoms with Crippen molar-refractivity contribution in [3.63, 3.8) is 0 Å². The van der Waals surface area contributed by atoms with E-state index in [1.54, 1.807) is 12.1 Å². The molecule has 20 heavy (non-hydrogen) atoms. The maximum Gasteiger partial charge on any atom is 0.316 e. The summed E-state index contributed by atoms with van der Waals surface area (Å²) in [4.78, 5) is 36.4. The van der Waals surface area contributed by atoms with Crippen LogP contribution in [0.15, 0.2) is 24.3 Å². The van der Waals surface area contributed by atoms with Gasteiger partial charge in [0, 0.05) is 24.8 Å². The van der Waals surface area contributed by atoms with Gasteiger partial charge in [-0.15, -0.1) is 0 Å². The van der Waals surface area contributed by atoms with Gasteiger partial charge in [0.25, 0.3) is 5.91 Å². The minimum Gasteiger partial charge on any atom is -0.399 e. The molecule has 0 atom stereocenters. The average Bonchev–Trinajstić information content (AvgIpc) is 2.44. The van der Waals surface area contributed by atoms with Crippen molar-refractivity contribution in [3.05, 3.63) is 29.8 Å². The van der Waals surface area contributed by atoms with Crippen molar-refractivity contribution in [2.24, 2.45) is 0 Å². The van der Waals surface area contributed by atoms with Gasteiger partial charge in [-0.25, -0.2) is 0 Å². The van der Waals surface area contributed by atoms with Crippen LogP contribution in [0.3, 0.4) is 0 Å². The normalized spacial score (nSPS) is 9.90. The molecule has 0 aliphatic rings. The summed E-state index contributed by atoms with van der Waals surface area (Å²) in [6.07, 6.45) is 1.73. The Labute approximate surface area is 117 Å². The number of unbranched alkanes of at least 4 members (excludes halogenated alkanes) is 1. The van der Waals surface area contributed by atoms with Gasteiger partial charge in [0.15, 0.2) is 0 Å². The van der Waals surface area contributed by atoms with E-state index in [-0.39, 0.29) is 5.56 Å². The topological polar surface area (TPSA) is 92.5 Å². The molecule has 0 spiro atoms. The highest BCUT2D eigenvalue weighted by Gasteiger charge is 2.20. The molecule has 1 rings (SSSR count). The fraction of sp³-hybridized carbons (Fsp3) is 0.357. The van der Waals surface area contributed by atoms with Crippen LogP contribution in [0.1, 0.15) is 30.1 Å². The number of anilines is 1. The summed E-state index contributed by atoms with van der Waals surface area (Å²) in [5.41, 5.74) is 6.29. The van der Waals surface area contributed by atoms with Crippen molar-refractivity contribution in [1.29, 1.82) is 0 Å². The van der Waals surface area contributed by atoms with Crippen molar-refractivity contribution in [3.8, 4) is 0 Å². The highest BCUT2D eigenvalue weighted by Crippen LogP contribution is 2.05. The molecule has 0 saturated carbocycles. The third-order valence-electron chi connectivity index (χ3n) is 2.79. The van der Waals surface area contributed by atoms with E-state index >= 15 is 0 Å². The first-order valence-electron chi connectivity index (χ1n) is 6.42. The fourth-order valence-corrected chi connectivity index (χ4v) is 1.53. The first kappa shape index (κ1) is 15.7. The van der Waals surface area contributed by atoms with Crippen LogP contribution in [-0.2, 0) is 9.59 Å². The number of nitrogens with one attached hydrogen (secondary N) is 1. The third-order valence-corrected chi connectivity index (χ3v) is 2.79. The second-order valence-corrected chi connectivity index (χ2v) is 4.49. The predicted molar refractivity (Wildman–Crippen MR) is 75.9 cm³/mol. The lowest BCUT2D eigenvalue weighted by Crippen LogP contribution is -2.43. The third kappa shape index (κ3) is 4.38. The Kier molecular flexibility index (Phi) is 5.71. The number of amides is 3. The van der Waals surface area contributed by atoms with Crippen molar-refractivity contribution >= 4 is 23.4 Å². The molecule has 6 nitrogen and oxygen atoms in total. The second kappa shape index (κ2) is 7.28. The molecule has 108 valence electrons. The molecule has 0 bridgehead atoms. The molecule has 0 aromatic heterocycles. The van der Waals surface area contributed by atoms with Gasteiger partial charge in [-0.05, 0) is 30.7 Å². The van der Waals surface area contributed by atoms with Crippen LogP contribution in [0.5, 0.6) is 0 Å². The highest BCUT2D eigenvalue weighted by molar-refractivity contribution is 6.38. The van der Waals surface area contributed by atoms with E-state index in [9.17, 15) is 14.4 Å². The molecule has 0 aliphatic heterocycles. The van der Waals surface area contributed by atoms with Crippen LogP contribution in [0.2, 0.25) is 0 Å². The molecule has 0 heterocycles. The number of carbonyl (C=O) groups excluding carboxylic acids is 3. The summed E-state index contributed by atoms with van der Waals surface area (Å²) in [7, 11) is 1.53. The number of nitrogens with zero attached hydrogens (tertiary/aromatic N) is 1. The molecule has 3 amide bonds. The number of imide groups is 1. The van der Waals surface area contributed by atoms with E-state index in [1.165, 1.54) is 24.1 Å². The molecule has 0 radical (unpaired) electrons. The van der Waals surface area contributed by atoms with Crippen LogP contribution >= 0.6 is 0 Å². The monoisotopic (exact) mass is 277 g/mol. The predicted octanol–water partition coefficient (Wildman–Crippen LogP) is 0.784. The number of nitrogen functional groups attached to an aromatic ring is 1. The van der Waals surface area contributed by atoms with E-state index in [0.717, 1.165) is 12.8 Å². The first-order valence-corrected chi connectivity index (χ1v) is 6.42. The maximum absolute atomic E-state index is 11.8. The smallest absolute Gasteiger partial charge is 0.316 e. The quantitative estimate of drug-likeness (QED) is 0.628. The Morgan fingerprint density at radius 3 is 2.35 bits per heavy atom. The minimum absolute atomic E-state index is 0.275. The van der Waals surface area contributed by atoms with Crippen LogP contribution in [-0.4, -0.2) is 36.2 Å². The zero-order valence-corrected chi connectivity index (χ0v) is 11.7. The van der Waals surface area contributed by atoms with Gasteiger partial charge < -0.3 is 10.6 Å². The number of likely N-dealkylation sites (N-methyl/N-ethyl adjacent to an activating group) is 1. The van der Waals surface area contributed by atoms with Gasteiger partial charge in [0.1, 0.15) is 0 Å². The Morgan fingerprint density at radius 2 is 1.80 bits per heavy atom. The summed E-state index contributed by atoms with van der Waals surface area (Å²) in [6, 6.07) is 6.08. The molecule has 0 fully saturated rings. The van der Waals surface area contributed by atoms with Crippen molar-refractivity contribution in [1.82, 2.24) is 10.2 Å². The highest BCUT2D eigenvalue weighted by atomic mass is 16.2. The SMILES string of the molecule is CCCCN(C)C(=O)C(=O)NC(=O)c1ccc(N)cc1. The van der Waals surface area contributed by atoms with Crippen LogP contribution in [0, 0.1) is 0 Å². The van der Waals surface area contributed by atoms with E-state index in [2.05, 4.69) is 5.32 Å². The van der Waals surface area contributed by atoms with Crippen molar-refractivity contribution in [2.75, 3.05) is 19.3 Å². The minimum atomic E-state index is -0.926. The zero-order valence-electron chi connectivity index (χ0n) is 11.7. The van der Waals surface area contributed by atoms with E-state index in [0.29, 0.717) is 12.2 Å². The molecule has 3 N–H and O–H groups in total. The van der Waals surface area contributed by atoms with Crippen LogP contribution in [0.4, 0.5) is 5.69 Å². The largest absolute Gasteiger partial charge is 0.399 e. The van der Waals surface area contributed by atoms with Gasteiger partial charge in [-0.2, -0.15) is 0 Å². The Bertz CT molecular complexity index is 497. The van der Waals surface area contributed by atoms with E-state index in [4.69, 9.17) is 5.73 Å². The summed E-state index contributed by atoms with van der Waals surface area (Å²) in [5, 5.41) is 2.06. The van der Waals surface area contributed by atoms with Crippen molar-refractivity contribution < 1.29 is 14.4 Å². The summed E-state index contributed by atoms with van der Waals surface area (Å²) in [6.45, 7) is 2.47. The Morgan fingerprint density at radius 1 is 1.20 bits per heavy atom. The summed E-state index contributed by atoms with van der Waals surface area (Å²) >= 11 is 0. The second-order valence-electron chi connectivity index (χ2n) is 4.49. The lowest BCUT2D eigenvalue weighted by molar-refractivity contribution is -0.144. The lowest BCUT2D eigenvalue weighted by atomic mass is 10.2. The summed E-state index contributed by atoms with van der Waals surface area (Å²) < 4.78 is 0. The molecule has 0 aliphatic carbocycles.